The summed E-state index contributed by atoms with van der Waals surface area (Å²) in [7, 11) is 0. The highest BCUT2D eigenvalue weighted by molar-refractivity contribution is 7.20. The third-order valence-corrected chi connectivity index (χ3v) is 8.05. The SMILES string of the molecule is Cc1ccc2cc(C(=O)NCC(=O)N3CC4(C[C@H]3C(=O)NCc3cc5cnccc5[nH]3)OCCO4)sc2c1. The number of nitrogens with one attached hydrogen (secondary N) is 3. The lowest BCUT2D eigenvalue weighted by atomic mass is 10.1. The van der Waals surface area contributed by atoms with Gasteiger partial charge in [-0.3, -0.25) is 19.4 Å². The summed E-state index contributed by atoms with van der Waals surface area (Å²) < 4.78 is 12.6. The van der Waals surface area contributed by atoms with Crippen LogP contribution in [0.3, 0.4) is 0 Å². The van der Waals surface area contributed by atoms with Crippen molar-refractivity contribution < 1.29 is 23.9 Å². The second-order valence-corrected chi connectivity index (χ2v) is 10.7. The Labute approximate surface area is 222 Å². The molecule has 0 saturated carbocycles. The third kappa shape index (κ3) is 4.75. The number of rotatable bonds is 6. The van der Waals surface area contributed by atoms with Gasteiger partial charge in [-0.15, -0.1) is 11.3 Å². The van der Waals surface area contributed by atoms with Gasteiger partial charge in [-0.25, -0.2) is 0 Å². The molecule has 38 heavy (non-hydrogen) atoms. The Kier molecular flexibility index (Phi) is 6.34. The van der Waals surface area contributed by atoms with E-state index in [4.69, 9.17) is 9.47 Å². The second-order valence-electron chi connectivity index (χ2n) is 9.66. The van der Waals surface area contributed by atoms with Gasteiger partial charge < -0.3 is 30.0 Å². The Hall–Kier alpha value is -3.80. The Bertz CT molecular complexity index is 1510. The molecule has 11 heteroatoms. The smallest absolute Gasteiger partial charge is 0.261 e. The molecule has 0 bridgehead atoms. The number of fused-ring (bicyclic) bond motifs is 2. The minimum absolute atomic E-state index is 0.125. The standard InChI is InChI=1S/C27H27N5O5S/c1-16-2-3-17-10-23(38-22(17)8-16)26(35)30-14-24(33)32-15-27(36-6-7-37-27)11-21(32)25(34)29-13-19-9-18-12-28-5-4-20(18)31-19/h2-5,8-10,12,21,31H,6-7,11,13-15H2,1H3,(H,29,34)(H,30,35)/t21-/m0/s1. The van der Waals surface area contributed by atoms with Gasteiger partial charge >= 0.3 is 0 Å². The molecule has 196 valence electrons. The number of H-pyrrole nitrogens is 1. The molecule has 1 atom stereocenters. The molecule has 2 aliphatic rings. The van der Waals surface area contributed by atoms with E-state index < -0.39 is 11.8 Å². The van der Waals surface area contributed by atoms with Crippen LogP contribution in [-0.4, -0.2) is 70.7 Å². The van der Waals surface area contributed by atoms with Gasteiger partial charge in [0.15, 0.2) is 5.79 Å². The molecule has 1 aromatic carbocycles. The first kappa shape index (κ1) is 24.5. The fourth-order valence-corrected chi connectivity index (χ4v) is 6.14. The molecular weight excluding hydrogens is 506 g/mol. The fourth-order valence-electron chi connectivity index (χ4n) is 5.06. The molecule has 2 saturated heterocycles. The summed E-state index contributed by atoms with van der Waals surface area (Å²) in [5, 5.41) is 7.57. The van der Waals surface area contributed by atoms with Crippen molar-refractivity contribution in [3.63, 3.8) is 0 Å². The van der Waals surface area contributed by atoms with Crippen molar-refractivity contribution >= 4 is 50.0 Å². The molecule has 3 aromatic heterocycles. The summed E-state index contributed by atoms with van der Waals surface area (Å²) in [4.78, 5) is 48.7. The number of thiophene rings is 1. The summed E-state index contributed by atoms with van der Waals surface area (Å²) in [5.41, 5.74) is 2.87. The molecule has 2 aliphatic heterocycles. The van der Waals surface area contributed by atoms with Crippen molar-refractivity contribution in [1.29, 1.82) is 0 Å². The minimum Gasteiger partial charge on any atom is -0.357 e. The van der Waals surface area contributed by atoms with Crippen LogP contribution in [0.5, 0.6) is 0 Å². The molecule has 6 rings (SSSR count). The average molecular weight is 534 g/mol. The number of hydrogen-bond donors (Lipinski definition) is 3. The van der Waals surface area contributed by atoms with Gasteiger partial charge in [-0.2, -0.15) is 0 Å². The van der Waals surface area contributed by atoms with Crippen molar-refractivity contribution in [3.8, 4) is 0 Å². The zero-order valence-corrected chi connectivity index (χ0v) is 21.6. The van der Waals surface area contributed by atoms with E-state index in [-0.39, 0.29) is 43.8 Å². The summed E-state index contributed by atoms with van der Waals surface area (Å²) in [6.45, 7) is 2.97. The van der Waals surface area contributed by atoms with E-state index in [9.17, 15) is 14.4 Å². The highest BCUT2D eigenvalue weighted by atomic mass is 32.1. The fraction of sp³-hybridized carbons (Fsp3) is 0.333. The van der Waals surface area contributed by atoms with Gasteiger partial charge in [0.25, 0.3) is 5.91 Å². The lowest BCUT2D eigenvalue weighted by molar-refractivity contribution is -0.152. The van der Waals surface area contributed by atoms with Crippen LogP contribution < -0.4 is 10.6 Å². The number of carbonyl (C=O) groups excluding carboxylic acids is 3. The monoisotopic (exact) mass is 533 g/mol. The van der Waals surface area contributed by atoms with Gasteiger partial charge in [-0.05, 0) is 42.1 Å². The number of amides is 3. The maximum atomic E-state index is 13.3. The van der Waals surface area contributed by atoms with Crippen LogP contribution >= 0.6 is 11.3 Å². The van der Waals surface area contributed by atoms with E-state index in [0.29, 0.717) is 18.1 Å². The van der Waals surface area contributed by atoms with E-state index in [2.05, 4.69) is 20.6 Å². The number of ether oxygens (including phenoxy) is 2. The van der Waals surface area contributed by atoms with Crippen molar-refractivity contribution in [1.82, 2.24) is 25.5 Å². The predicted molar refractivity (Wildman–Crippen MR) is 142 cm³/mol. The van der Waals surface area contributed by atoms with Crippen LogP contribution in [0, 0.1) is 6.92 Å². The van der Waals surface area contributed by atoms with Gasteiger partial charge in [0.2, 0.25) is 11.8 Å². The number of aromatic nitrogens is 2. The largest absolute Gasteiger partial charge is 0.357 e. The zero-order valence-electron chi connectivity index (χ0n) is 20.8. The molecule has 10 nitrogen and oxygen atoms in total. The summed E-state index contributed by atoms with van der Waals surface area (Å²) >= 11 is 1.38. The van der Waals surface area contributed by atoms with Crippen LogP contribution in [0.4, 0.5) is 0 Å². The first-order chi connectivity index (χ1) is 18.4. The second kappa shape index (κ2) is 9.82. The molecule has 4 aromatic rings. The number of nitrogens with zero attached hydrogens (tertiary/aromatic N) is 2. The molecule has 1 spiro atoms. The van der Waals surface area contributed by atoms with Crippen LogP contribution in [0.15, 0.2) is 48.8 Å². The maximum Gasteiger partial charge on any atom is 0.261 e. The Morgan fingerprint density at radius 2 is 1.97 bits per heavy atom. The minimum atomic E-state index is -1.00. The van der Waals surface area contributed by atoms with Gasteiger partial charge in [0.05, 0.1) is 37.7 Å². The lowest BCUT2D eigenvalue weighted by Crippen LogP contribution is -2.49. The lowest BCUT2D eigenvalue weighted by Gasteiger charge is -2.24. The highest BCUT2D eigenvalue weighted by Crippen LogP contribution is 2.35. The Morgan fingerprint density at radius 1 is 1.13 bits per heavy atom. The topological polar surface area (TPSA) is 126 Å². The van der Waals surface area contributed by atoms with Crippen molar-refractivity contribution in [2.45, 2.75) is 31.7 Å². The molecule has 0 aliphatic carbocycles. The number of hydrogen-bond acceptors (Lipinski definition) is 7. The summed E-state index contributed by atoms with van der Waals surface area (Å²) in [6.07, 6.45) is 3.68. The normalized spacial score (nSPS) is 18.4. The van der Waals surface area contributed by atoms with E-state index in [0.717, 1.165) is 32.2 Å². The molecule has 2 fully saturated rings. The number of likely N-dealkylation sites (tertiary alicyclic amines) is 1. The van der Waals surface area contributed by atoms with Gasteiger partial charge in [0, 0.05) is 40.1 Å². The predicted octanol–water partition coefficient (Wildman–Crippen LogP) is 2.48. The Morgan fingerprint density at radius 3 is 2.79 bits per heavy atom. The summed E-state index contributed by atoms with van der Waals surface area (Å²) in [6, 6.07) is 10.8. The van der Waals surface area contributed by atoms with Crippen molar-refractivity contribution in [3.05, 3.63) is 64.9 Å². The average Bonchev–Trinajstić information content (AvgIpc) is 3.71. The van der Waals surface area contributed by atoms with E-state index in [1.165, 1.54) is 16.2 Å². The van der Waals surface area contributed by atoms with Gasteiger partial charge in [-0.1, -0.05) is 12.1 Å². The van der Waals surface area contributed by atoms with E-state index >= 15 is 0 Å². The molecular formula is C27H27N5O5S. The van der Waals surface area contributed by atoms with Crippen molar-refractivity contribution in [2.24, 2.45) is 0 Å². The molecule has 0 radical (unpaired) electrons. The zero-order chi connectivity index (χ0) is 26.3. The molecule has 0 unspecified atom stereocenters. The summed E-state index contributed by atoms with van der Waals surface area (Å²) in [5.74, 6) is -2.01. The van der Waals surface area contributed by atoms with Crippen LogP contribution in [0.2, 0.25) is 0 Å². The maximum absolute atomic E-state index is 13.3. The van der Waals surface area contributed by atoms with Crippen LogP contribution in [-0.2, 0) is 25.6 Å². The number of aromatic amines is 1. The Balaban J connectivity index is 1.12. The number of pyridine rings is 1. The molecule has 3 amide bonds. The molecule has 3 N–H and O–H groups in total. The molecule has 5 heterocycles. The third-order valence-electron chi connectivity index (χ3n) is 6.96. The van der Waals surface area contributed by atoms with Crippen LogP contribution in [0.25, 0.3) is 21.0 Å². The van der Waals surface area contributed by atoms with E-state index in [1.807, 2.05) is 43.3 Å². The number of carbonyl (C=O) groups is 3. The van der Waals surface area contributed by atoms with E-state index in [1.54, 1.807) is 12.4 Å². The number of benzene rings is 1. The van der Waals surface area contributed by atoms with Crippen LogP contribution in [0.1, 0.15) is 27.3 Å². The van der Waals surface area contributed by atoms with Crippen molar-refractivity contribution in [2.75, 3.05) is 26.3 Å². The quantitative estimate of drug-likeness (QED) is 0.350. The number of aryl methyl sites for hydroxylation is 1. The first-order valence-corrected chi connectivity index (χ1v) is 13.3. The first-order valence-electron chi connectivity index (χ1n) is 12.4. The highest BCUT2D eigenvalue weighted by Gasteiger charge is 2.52. The van der Waals surface area contributed by atoms with Gasteiger partial charge in [0.1, 0.15) is 6.04 Å².